The summed E-state index contributed by atoms with van der Waals surface area (Å²) in [6, 6.07) is 24.1. The number of allylic oxidation sites excluding steroid dienone is 2. The molecule has 8 heteroatoms. The summed E-state index contributed by atoms with van der Waals surface area (Å²) in [6.45, 7) is 0. The van der Waals surface area contributed by atoms with Crippen molar-refractivity contribution in [3.63, 3.8) is 0 Å². The predicted molar refractivity (Wildman–Crippen MR) is 143 cm³/mol. The third-order valence-corrected chi connectivity index (χ3v) is 7.36. The van der Waals surface area contributed by atoms with Crippen molar-refractivity contribution in [3.8, 4) is 0 Å². The van der Waals surface area contributed by atoms with Crippen molar-refractivity contribution in [2.45, 2.75) is 18.3 Å². The van der Waals surface area contributed by atoms with E-state index in [0.29, 0.717) is 11.4 Å². The average Bonchev–Trinajstić information content (AvgIpc) is 2.97. The van der Waals surface area contributed by atoms with Gasteiger partial charge in [-0.25, -0.2) is 9.18 Å². The van der Waals surface area contributed by atoms with Crippen molar-refractivity contribution in [3.05, 3.63) is 125 Å². The molecule has 0 unspecified atom stereocenters. The number of ether oxygens (including phenoxy) is 2. The van der Waals surface area contributed by atoms with Crippen LogP contribution in [-0.4, -0.2) is 31.9 Å². The van der Waals surface area contributed by atoms with Gasteiger partial charge in [-0.15, -0.1) is 0 Å². The van der Waals surface area contributed by atoms with Gasteiger partial charge in [0, 0.05) is 28.4 Å². The Kier molecular flexibility index (Phi) is 7.02. The van der Waals surface area contributed by atoms with E-state index in [-0.39, 0.29) is 29.0 Å². The highest BCUT2D eigenvalue weighted by molar-refractivity contribution is 6.14. The van der Waals surface area contributed by atoms with E-state index in [2.05, 4.69) is 0 Å². The Morgan fingerprint density at radius 2 is 1.51 bits per heavy atom. The first-order valence-electron chi connectivity index (χ1n) is 12.5. The highest BCUT2D eigenvalue weighted by atomic mass is 19.1. The fourth-order valence-electron chi connectivity index (χ4n) is 5.64. The van der Waals surface area contributed by atoms with E-state index < -0.39 is 41.3 Å². The number of Topliss-reactive ketones (excluding diaryl/α,β-unsaturated/α-hetero) is 1. The minimum absolute atomic E-state index is 0.0242. The number of nitrogens with zero attached hydrogens (tertiary/aromatic N) is 1. The van der Waals surface area contributed by atoms with Crippen LogP contribution >= 0.6 is 0 Å². The molecule has 0 spiro atoms. The van der Waals surface area contributed by atoms with Crippen LogP contribution in [-0.2, 0) is 23.9 Å². The zero-order chi connectivity index (χ0) is 27.7. The predicted octanol–water partition coefficient (Wildman–Crippen LogP) is 4.57. The number of benzene rings is 3. The van der Waals surface area contributed by atoms with Gasteiger partial charge in [-0.3, -0.25) is 14.5 Å². The maximum absolute atomic E-state index is 15.4. The summed E-state index contributed by atoms with van der Waals surface area (Å²) in [5.74, 6) is -5.64. The van der Waals surface area contributed by atoms with Crippen LogP contribution in [0.5, 0.6) is 0 Å². The molecule has 1 heterocycles. The molecule has 0 radical (unpaired) electrons. The second kappa shape index (κ2) is 10.6. The zero-order valence-electron chi connectivity index (χ0n) is 21.5. The van der Waals surface area contributed by atoms with Crippen LogP contribution in [0.4, 0.5) is 10.1 Å². The van der Waals surface area contributed by atoms with Crippen molar-refractivity contribution in [1.82, 2.24) is 0 Å². The number of halogens is 1. The number of carbonyl (C=O) groups excluding carboxylic acids is 3. The van der Waals surface area contributed by atoms with Gasteiger partial charge in [-0.2, -0.15) is 0 Å². The molecule has 2 N–H and O–H groups in total. The molecule has 198 valence electrons. The molecule has 3 aromatic carbocycles. The van der Waals surface area contributed by atoms with Crippen LogP contribution in [0.25, 0.3) is 0 Å². The normalized spacial score (nSPS) is 20.9. The summed E-state index contributed by atoms with van der Waals surface area (Å²) in [5.41, 5.74) is 8.68. The van der Waals surface area contributed by atoms with Crippen LogP contribution < -0.4 is 10.6 Å². The molecule has 1 aliphatic carbocycles. The van der Waals surface area contributed by atoms with E-state index in [1.54, 1.807) is 35.2 Å². The number of anilines is 1. The molecule has 1 aliphatic heterocycles. The maximum Gasteiger partial charge on any atom is 0.338 e. The largest absolute Gasteiger partial charge is 0.468 e. The van der Waals surface area contributed by atoms with E-state index in [1.807, 2.05) is 36.4 Å². The molecule has 0 saturated heterocycles. The van der Waals surface area contributed by atoms with Gasteiger partial charge < -0.3 is 15.2 Å². The third kappa shape index (κ3) is 4.37. The maximum atomic E-state index is 15.4. The molecule has 0 amide bonds. The zero-order valence-corrected chi connectivity index (χ0v) is 21.5. The summed E-state index contributed by atoms with van der Waals surface area (Å²) in [5, 5.41) is 0. The van der Waals surface area contributed by atoms with E-state index >= 15 is 4.39 Å². The first-order valence-corrected chi connectivity index (χ1v) is 12.5. The number of carbonyl (C=O) groups is 3. The van der Waals surface area contributed by atoms with Crippen LogP contribution in [0.15, 0.2) is 108 Å². The Balaban J connectivity index is 1.84. The van der Waals surface area contributed by atoms with E-state index in [4.69, 9.17) is 15.2 Å². The number of esters is 2. The lowest BCUT2D eigenvalue weighted by molar-refractivity contribution is -0.150. The number of nitrogens with two attached hydrogens (primary N) is 1. The third-order valence-electron chi connectivity index (χ3n) is 7.36. The molecule has 7 nitrogen and oxygen atoms in total. The van der Waals surface area contributed by atoms with Gasteiger partial charge in [0.1, 0.15) is 17.6 Å². The Bertz CT molecular complexity index is 1500. The lowest BCUT2D eigenvalue weighted by Gasteiger charge is -2.44. The summed E-state index contributed by atoms with van der Waals surface area (Å²) < 4.78 is 25.5. The smallest absolute Gasteiger partial charge is 0.338 e. The van der Waals surface area contributed by atoms with Crippen LogP contribution in [0.3, 0.4) is 0 Å². The van der Waals surface area contributed by atoms with Gasteiger partial charge >= 0.3 is 11.9 Å². The molecule has 39 heavy (non-hydrogen) atoms. The summed E-state index contributed by atoms with van der Waals surface area (Å²) in [4.78, 5) is 42.5. The molecule has 0 fully saturated rings. The standard InChI is InChI=1S/C31H27FN2O5/c1-38-30(36)25-21(18-11-5-3-6-12-18)17-23-26(28(25)35)24(20-15-9-10-16-22(20)32)27(31(37)39-2)29(33)34(23)19-13-7-4-8-14-19/h3-16,21,24-25H,17,33H2,1-2H3/t21-,24-,25-/m0/s1. The number of rotatable bonds is 5. The Morgan fingerprint density at radius 3 is 2.13 bits per heavy atom. The SMILES string of the molecule is COC(=O)C1=C(N)N(c2ccccc2)C2=C(C(=O)[C@@H](C(=O)OC)[C@H](c3ccccc3)C2)[C@@H]1c1ccccc1F. The lowest BCUT2D eigenvalue weighted by Crippen LogP contribution is -2.46. The van der Waals surface area contributed by atoms with Crippen molar-refractivity contribution in [2.24, 2.45) is 11.7 Å². The van der Waals surface area contributed by atoms with Gasteiger partial charge in [-0.1, -0.05) is 66.7 Å². The summed E-state index contributed by atoms with van der Waals surface area (Å²) >= 11 is 0. The van der Waals surface area contributed by atoms with Gasteiger partial charge in [0.15, 0.2) is 5.78 Å². The van der Waals surface area contributed by atoms with Crippen molar-refractivity contribution >= 4 is 23.4 Å². The number of hydrogen-bond donors (Lipinski definition) is 1. The van der Waals surface area contributed by atoms with Crippen LogP contribution in [0.1, 0.15) is 29.4 Å². The van der Waals surface area contributed by atoms with Gasteiger partial charge in [-0.05, 0) is 30.2 Å². The second-order valence-electron chi connectivity index (χ2n) is 9.36. The monoisotopic (exact) mass is 526 g/mol. The highest BCUT2D eigenvalue weighted by Crippen LogP contribution is 2.51. The molecule has 0 saturated carbocycles. The number of para-hydroxylation sites is 1. The van der Waals surface area contributed by atoms with E-state index in [1.165, 1.54) is 32.4 Å². The lowest BCUT2D eigenvalue weighted by atomic mass is 9.67. The molecule has 0 aromatic heterocycles. The molecular formula is C31H27FN2O5. The van der Waals surface area contributed by atoms with E-state index in [0.717, 1.165) is 5.56 Å². The average molecular weight is 527 g/mol. The molecule has 0 bridgehead atoms. The van der Waals surface area contributed by atoms with E-state index in [9.17, 15) is 14.4 Å². The van der Waals surface area contributed by atoms with Crippen LogP contribution in [0, 0.1) is 11.7 Å². The quantitative estimate of drug-likeness (QED) is 0.384. The second-order valence-corrected chi connectivity index (χ2v) is 9.36. The fourth-order valence-corrected chi connectivity index (χ4v) is 5.64. The topological polar surface area (TPSA) is 98.9 Å². The van der Waals surface area contributed by atoms with Crippen molar-refractivity contribution in [2.75, 3.05) is 19.1 Å². The highest BCUT2D eigenvalue weighted by Gasteiger charge is 2.51. The fraction of sp³-hybridized carbons (Fsp3) is 0.194. The Hall–Kier alpha value is -4.72. The Labute approximate surface area is 225 Å². The summed E-state index contributed by atoms with van der Waals surface area (Å²) in [7, 11) is 2.42. The van der Waals surface area contributed by atoms with Crippen molar-refractivity contribution in [1.29, 1.82) is 0 Å². The minimum Gasteiger partial charge on any atom is -0.468 e. The molecule has 2 aliphatic rings. The van der Waals surface area contributed by atoms with Crippen molar-refractivity contribution < 1.29 is 28.2 Å². The summed E-state index contributed by atoms with van der Waals surface area (Å²) in [6.07, 6.45) is 0.208. The first kappa shape index (κ1) is 25.9. The molecule has 3 aromatic rings. The number of methoxy groups -OCH3 is 2. The molecular weight excluding hydrogens is 499 g/mol. The van der Waals surface area contributed by atoms with Gasteiger partial charge in [0.25, 0.3) is 0 Å². The molecule has 3 atom stereocenters. The Morgan fingerprint density at radius 1 is 0.897 bits per heavy atom. The number of ketones is 1. The number of hydrogen-bond acceptors (Lipinski definition) is 7. The first-order chi connectivity index (χ1) is 18.9. The van der Waals surface area contributed by atoms with Crippen LogP contribution in [0.2, 0.25) is 0 Å². The minimum atomic E-state index is -1.21. The molecule has 5 rings (SSSR count). The van der Waals surface area contributed by atoms with Gasteiger partial charge in [0.05, 0.1) is 25.7 Å². The van der Waals surface area contributed by atoms with Gasteiger partial charge in [0.2, 0.25) is 0 Å².